The molecule has 0 radical (unpaired) electrons. The first-order valence-electron chi connectivity index (χ1n) is 9.24. The minimum Gasteiger partial charge on any atom is -0.450 e. The first-order valence-corrected chi connectivity index (χ1v) is 9.24. The van der Waals surface area contributed by atoms with E-state index in [9.17, 15) is 22.4 Å². The number of nitrogens with one attached hydrogen (secondary N) is 6. The van der Waals surface area contributed by atoms with Crippen LogP contribution in [0.4, 0.5) is 28.0 Å². The molecule has 9 nitrogen and oxygen atoms in total. The summed E-state index contributed by atoms with van der Waals surface area (Å²) in [5.74, 6) is -6.54. The summed E-state index contributed by atoms with van der Waals surface area (Å²) in [6.45, 7) is 0.808. The number of hydrogen-bond acceptors (Lipinski definition) is 6. The zero-order chi connectivity index (χ0) is 22.9. The molecule has 0 unspecified atom stereocenters. The number of pyridine rings is 1. The molecular weight excluding hydrogens is 434 g/mol. The molecule has 2 amide bonds. The molecule has 1 aromatic carbocycles. The van der Waals surface area contributed by atoms with Crippen molar-refractivity contribution in [3.05, 3.63) is 59.7 Å². The van der Waals surface area contributed by atoms with Gasteiger partial charge >= 0.3 is 6.03 Å². The van der Waals surface area contributed by atoms with Crippen molar-refractivity contribution in [2.75, 3.05) is 11.9 Å². The average molecular weight is 451 g/mol. The van der Waals surface area contributed by atoms with Crippen LogP contribution in [0.3, 0.4) is 0 Å². The van der Waals surface area contributed by atoms with Gasteiger partial charge in [0, 0.05) is 43.3 Å². The van der Waals surface area contributed by atoms with Crippen molar-refractivity contribution in [2.45, 2.75) is 12.8 Å². The number of hydrogen-bond donors (Lipinski definition) is 6. The van der Waals surface area contributed by atoms with Crippen LogP contribution in [-0.2, 0) is 5.92 Å². The lowest BCUT2D eigenvalue weighted by Crippen LogP contribution is -2.36. The fourth-order valence-electron chi connectivity index (χ4n) is 3.02. The number of amides is 2. The van der Waals surface area contributed by atoms with Gasteiger partial charge in [-0.1, -0.05) is 0 Å². The highest BCUT2D eigenvalue weighted by molar-refractivity contribution is 5.89. The van der Waals surface area contributed by atoms with Gasteiger partial charge in [-0.2, -0.15) is 5.53 Å². The van der Waals surface area contributed by atoms with Crippen LogP contribution in [-0.4, -0.2) is 22.5 Å². The lowest BCUT2D eigenvalue weighted by Gasteiger charge is -2.14. The maximum Gasteiger partial charge on any atom is 0.319 e. The molecule has 6 N–H and O–H groups in total. The van der Waals surface area contributed by atoms with Crippen molar-refractivity contribution in [1.29, 1.82) is 0 Å². The van der Waals surface area contributed by atoms with Crippen LogP contribution in [0.1, 0.15) is 12.5 Å². The van der Waals surface area contributed by atoms with Gasteiger partial charge in [0.1, 0.15) is 11.4 Å². The van der Waals surface area contributed by atoms with Crippen molar-refractivity contribution < 1.29 is 27.1 Å². The van der Waals surface area contributed by atoms with Gasteiger partial charge in [-0.15, -0.1) is 0 Å². The second-order valence-corrected chi connectivity index (χ2v) is 6.87. The minimum atomic E-state index is -3.24. The fraction of sp³-hybridized carbons (Fsp3) is 0.158. The minimum absolute atomic E-state index is 0.0760. The molecule has 13 heteroatoms. The van der Waals surface area contributed by atoms with Crippen LogP contribution < -0.4 is 31.8 Å². The molecule has 0 spiro atoms. The molecule has 0 aliphatic carbocycles. The molecule has 0 bridgehead atoms. The number of rotatable bonds is 6. The lowest BCUT2D eigenvalue weighted by molar-refractivity contribution is 0.0190. The second-order valence-electron chi connectivity index (χ2n) is 6.87. The highest BCUT2D eigenvalue weighted by Crippen LogP contribution is 2.40. The summed E-state index contributed by atoms with van der Waals surface area (Å²) in [7, 11) is 0. The summed E-state index contributed by atoms with van der Waals surface area (Å²) in [6.07, 6.45) is 3.89. The van der Waals surface area contributed by atoms with E-state index in [2.05, 4.69) is 37.0 Å². The molecule has 3 aromatic rings. The van der Waals surface area contributed by atoms with E-state index in [1.807, 2.05) is 0 Å². The molecular formula is C19H17F4N7O2. The average Bonchev–Trinajstić information content (AvgIpc) is 3.39. The number of ether oxygens (including phenoxy) is 1. The molecule has 168 valence electrons. The maximum atomic E-state index is 14.6. The Kier molecular flexibility index (Phi) is 5.48. The molecule has 2 aromatic heterocycles. The number of urea groups is 1. The Balaban J connectivity index is 1.54. The second kappa shape index (κ2) is 8.26. The SMILES string of the molecule is CC(F)(F)c1c[nH]c2nccc(Oc3c(F)cc(NC(=O)NCC4=CNNN4)cc3F)c12. The number of carbonyl (C=O) groups is 1. The number of nitrogens with zero attached hydrogens (tertiary/aromatic N) is 1. The van der Waals surface area contributed by atoms with Gasteiger partial charge in [-0.25, -0.2) is 27.3 Å². The fourth-order valence-corrected chi connectivity index (χ4v) is 3.02. The number of aromatic nitrogens is 2. The normalized spacial score (nSPS) is 13.3. The Hall–Kier alpha value is -4.00. The van der Waals surface area contributed by atoms with Crippen molar-refractivity contribution in [2.24, 2.45) is 0 Å². The van der Waals surface area contributed by atoms with Crippen LogP contribution >= 0.6 is 0 Å². The van der Waals surface area contributed by atoms with E-state index in [4.69, 9.17) is 4.74 Å². The Morgan fingerprint density at radius 3 is 2.66 bits per heavy atom. The zero-order valence-electron chi connectivity index (χ0n) is 16.4. The quantitative estimate of drug-likeness (QED) is 0.321. The van der Waals surface area contributed by atoms with Gasteiger partial charge in [0.15, 0.2) is 17.4 Å². The van der Waals surface area contributed by atoms with E-state index < -0.39 is 34.9 Å². The van der Waals surface area contributed by atoms with Gasteiger partial charge in [0.05, 0.1) is 23.2 Å². The summed E-state index contributed by atoms with van der Waals surface area (Å²) in [6, 6.07) is 2.21. The highest BCUT2D eigenvalue weighted by atomic mass is 19.3. The summed E-state index contributed by atoms with van der Waals surface area (Å²) in [5.41, 5.74) is 8.06. The number of carbonyl (C=O) groups excluding carboxylic acids is 1. The predicted molar refractivity (Wildman–Crippen MR) is 107 cm³/mol. The Morgan fingerprint density at radius 2 is 2.00 bits per heavy atom. The van der Waals surface area contributed by atoms with Crippen LogP contribution in [0.15, 0.2) is 42.5 Å². The standard InChI is InChI=1S/C19H17F4N7O2/c1-19(22,23)11-8-25-17-15(11)14(2-3-24-17)32-16-12(20)4-9(5-13(16)21)28-18(31)26-6-10-7-27-30-29-10/h2-5,7-8,27,29-30H,6H2,1H3,(H,24,25)(H2,26,28,31). The maximum absolute atomic E-state index is 14.6. The van der Waals surface area contributed by atoms with Crippen LogP contribution in [0.5, 0.6) is 11.5 Å². The lowest BCUT2D eigenvalue weighted by atomic mass is 10.1. The van der Waals surface area contributed by atoms with Gasteiger partial charge in [0.2, 0.25) is 0 Å². The largest absolute Gasteiger partial charge is 0.450 e. The topological polar surface area (TPSA) is 115 Å². The Morgan fingerprint density at radius 1 is 1.25 bits per heavy atom. The number of benzene rings is 1. The first-order chi connectivity index (χ1) is 15.2. The van der Waals surface area contributed by atoms with Gasteiger partial charge in [-0.3, -0.25) is 0 Å². The van der Waals surface area contributed by atoms with Crippen molar-refractivity contribution in [3.8, 4) is 11.5 Å². The van der Waals surface area contributed by atoms with E-state index in [-0.39, 0.29) is 29.0 Å². The number of hydrazine groups is 2. The highest BCUT2D eigenvalue weighted by Gasteiger charge is 2.30. The van der Waals surface area contributed by atoms with Gasteiger partial charge < -0.3 is 31.2 Å². The predicted octanol–water partition coefficient (Wildman–Crippen LogP) is 3.32. The third-order valence-electron chi connectivity index (χ3n) is 4.46. The zero-order valence-corrected chi connectivity index (χ0v) is 16.4. The summed E-state index contributed by atoms with van der Waals surface area (Å²) in [4.78, 5) is 18.5. The molecule has 32 heavy (non-hydrogen) atoms. The van der Waals surface area contributed by atoms with E-state index in [0.717, 1.165) is 18.3 Å². The monoisotopic (exact) mass is 451 g/mol. The molecule has 4 rings (SSSR count). The molecule has 3 heterocycles. The Bertz CT molecular complexity index is 1180. The van der Waals surface area contributed by atoms with Crippen molar-refractivity contribution in [3.63, 3.8) is 0 Å². The number of fused-ring (bicyclic) bond motifs is 1. The van der Waals surface area contributed by atoms with Crippen molar-refractivity contribution in [1.82, 2.24) is 31.7 Å². The number of anilines is 1. The number of alkyl halides is 2. The van der Waals surface area contributed by atoms with Gasteiger partial charge in [-0.05, 0) is 6.07 Å². The van der Waals surface area contributed by atoms with Crippen LogP contribution in [0, 0.1) is 11.6 Å². The Labute approximate surface area is 178 Å². The molecule has 0 atom stereocenters. The number of aromatic amines is 1. The number of H-pyrrole nitrogens is 1. The van der Waals surface area contributed by atoms with Gasteiger partial charge in [0.25, 0.3) is 5.92 Å². The first kappa shape index (κ1) is 21.2. The molecule has 1 aliphatic rings. The molecule has 0 saturated heterocycles. The molecule has 0 saturated carbocycles. The summed E-state index contributed by atoms with van der Waals surface area (Å²) >= 11 is 0. The van der Waals surface area contributed by atoms with Crippen molar-refractivity contribution >= 4 is 22.8 Å². The number of halogens is 4. The van der Waals surface area contributed by atoms with E-state index in [0.29, 0.717) is 12.6 Å². The van der Waals surface area contributed by atoms with E-state index in [1.165, 1.54) is 12.3 Å². The van der Waals surface area contributed by atoms with E-state index >= 15 is 0 Å². The molecule has 1 aliphatic heterocycles. The molecule has 0 fully saturated rings. The third-order valence-corrected chi connectivity index (χ3v) is 4.46. The summed E-state index contributed by atoms with van der Waals surface area (Å²) < 4.78 is 62.3. The van der Waals surface area contributed by atoms with Crippen LogP contribution in [0.2, 0.25) is 0 Å². The summed E-state index contributed by atoms with van der Waals surface area (Å²) in [5, 5.41) is 4.69. The van der Waals surface area contributed by atoms with Crippen LogP contribution in [0.25, 0.3) is 11.0 Å². The van der Waals surface area contributed by atoms with E-state index in [1.54, 1.807) is 6.20 Å². The third kappa shape index (κ3) is 4.37. The smallest absolute Gasteiger partial charge is 0.319 e.